The fraction of sp³-hybridized carbons (Fsp3) is 0.571. The number of hydrogen-bond acceptors (Lipinski definition) is 3. The van der Waals surface area contributed by atoms with E-state index < -0.39 is 10.0 Å². The van der Waals surface area contributed by atoms with Gasteiger partial charge in [0.25, 0.3) is 0 Å². The lowest BCUT2D eigenvalue weighted by molar-refractivity contribution is 0.552. The summed E-state index contributed by atoms with van der Waals surface area (Å²) < 4.78 is 27.4. The molecule has 1 aromatic rings. The molecular weight excluding hydrogens is 260 g/mol. The average Bonchev–Trinajstić information content (AvgIpc) is 2.90. The molecule has 0 spiro atoms. The lowest BCUT2D eigenvalue weighted by atomic mass is 10.1. The van der Waals surface area contributed by atoms with Crippen molar-refractivity contribution < 1.29 is 8.42 Å². The molecule has 0 bridgehead atoms. The number of rotatable bonds is 5. The van der Waals surface area contributed by atoms with E-state index in [1.807, 2.05) is 13.0 Å². The first kappa shape index (κ1) is 14.5. The van der Waals surface area contributed by atoms with Crippen LogP contribution < -0.4 is 10.5 Å². The zero-order valence-electron chi connectivity index (χ0n) is 11.3. The van der Waals surface area contributed by atoms with E-state index in [0.29, 0.717) is 4.90 Å². The van der Waals surface area contributed by atoms with Crippen molar-refractivity contribution in [3.8, 4) is 0 Å². The van der Waals surface area contributed by atoms with Crippen molar-refractivity contribution in [2.45, 2.75) is 56.0 Å². The van der Waals surface area contributed by atoms with Crippen LogP contribution in [0.4, 0.5) is 0 Å². The van der Waals surface area contributed by atoms with Gasteiger partial charge in [0.05, 0.1) is 4.90 Å². The third kappa shape index (κ3) is 3.55. The Morgan fingerprint density at radius 1 is 1.37 bits per heavy atom. The van der Waals surface area contributed by atoms with Gasteiger partial charge in [-0.25, -0.2) is 13.1 Å². The maximum absolute atomic E-state index is 12.3. The average molecular weight is 282 g/mol. The van der Waals surface area contributed by atoms with E-state index in [2.05, 4.69) is 4.72 Å². The second kappa shape index (κ2) is 6.03. The largest absolute Gasteiger partial charge is 0.324 e. The minimum atomic E-state index is -3.41. The molecule has 0 aliphatic heterocycles. The van der Waals surface area contributed by atoms with Crippen LogP contribution in [0.25, 0.3) is 0 Å². The van der Waals surface area contributed by atoms with Crippen LogP contribution in [0.1, 0.15) is 50.6 Å². The summed E-state index contributed by atoms with van der Waals surface area (Å²) in [5.41, 5.74) is 6.83. The predicted octanol–water partition coefficient (Wildman–Crippen LogP) is 2.32. The lowest BCUT2D eigenvalue weighted by Crippen LogP contribution is -2.32. The minimum Gasteiger partial charge on any atom is -0.324 e. The maximum Gasteiger partial charge on any atom is 0.240 e. The summed E-state index contributed by atoms with van der Waals surface area (Å²) in [7, 11) is -3.41. The van der Waals surface area contributed by atoms with E-state index in [9.17, 15) is 8.42 Å². The van der Waals surface area contributed by atoms with E-state index >= 15 is 0 Å². The third-order valence-corrected chi connectivity index (χ3v) is 5.23. The molecule has 1 unspecified atom stereocenters. The second-order valence-corrected chi connectivity index (χ2v) is 6.90. The highest BCUT2D eigenvalue weighted by Gasteiger charge is 2.23. The Hall–Kier alpha value is -0.910. The Kier molecular flexibility index (Phi) is 4.60. The fourth-order valence-corrected chi connectivity index (χ4v) is 3.84. The van der Waals surface area contributed by atoms with Gasteiger partial charge in [0, 0.05) is 12.1 Å². The highest BCUT2D eigenvalue weighted by atomic mass is 32.2. The zero-order chi connectivity index (χ0) is 13.9. The van der Waals surface area contributed by atoms with Crippen LogP contribution in [0, 0.1) is 0 Å². The Morgan fingerprint density at radius 2 is 2.05 bits per heavy atom. The fourth-order valence-electron chi connectivity index (χ4n) is 2.48. The van der Waals surface area contributed by atoms with Crippen LogP contribution in [0.3, 0.4) is 0 Å². The first-order valence-electron chi connectivity index (χ1n) is 6.91. The standard InChI is InChI=1S/C14H22N2O2S/c1-2-14(15)11-6-5-9-13(10-11)19(17,18)16-12-7-3-4-8-12/h5-6,9-10,12,14,16H,2-4,7-8,15H2,1H3. The van der Waals surface area contributed by atoms with Crippen LogP contribution in [0.15, 0.2) is 29.2 Å². The van der Waals surface area contributed by atoms with Gasteiger partial charge in [0.15, 0.2) is 0 Å². The molecule has 0 aromatic heterocycles. The lowest BCUT2D eigenvalue weighted by Gasteiger charge is -2.14. The van der Waals surface area contributed by atoms with Crippen LogP contribution in [0.5, 0.6) is 0 Å². The predicted molar refractivity (Wildman–Crippen MR) is 76.2 cm³/mol. The molecule has 5 heteroatoms. The summed E-state index contributed by atoms with van der Waals surface area (Å²) >= 11 is 0. The Bertz CT molecular complexity index is 522. The molecule has 3 N–H and O–H groups in total. The summed E-state index contributed by atoms with van der Waals surface area (Å²) in [6, 6.07) is 6.93. The summed E-state index contributed by atoms with van der Waals surface area (Å²) in [5.74, 6) is 0. The van der Waals surface area contributed by atoms with Crippen molar-refractivity contribution in [2.75, 3.05) is 0 Å². The first-order valence-corrected chi connectivity index (χ1v) is 8.39. The summed E-state index contributed by atoms with van der Waals surface area (Å²) in [5, 5.41) is 0. The van der Waals surface area contributed by atoms with Gasteiger partial charge < -0.3 is 5.73 Å². The van der Waals surface area contributed by atoms with E-state index in [4.69, 9.17) is 5.73 Å². The normalized spacial score (nSPS) is 18.6. The van der Waals surface area contributed by atoms with Gasteiger partial charge in [-0.3, -0.25) is 0 Å². The SMILES string of the molecule is CCC(N)c1cccc(S(=O)(=O)NC2CCCC2)c1. The third-order valence-electron chi connectivity index (χ3n) is 3.71. The van der Waals surface area contributed by atoms with Crippen molar-refractivity contribution in [1.82, 2.24) is 4.72 Å². The maximum atomic E-state index is 12.3. The molecule has 19 heavy (non-hydrogen) atoms. The quantitative estimate of drug-likeness (QED) is 0.870. The highest BCUT2D eigenvalue weighted by Crippen LogP contribution is 2.22. The van der Waals surface area contributed by atoms with Crippen molar-refractivity contribution in [2.24, 2.45) is 5.73 Å². The Labute approximate surface area is 115 Å². The topological polar surface area (TPSA) is 72.2 Å². The first-order chi connectivity index (χ1) is 9.03. The minimum absolute atomic E-state index is 0.0912. The van der Waals surface area contributed by atoms with Crippen molar-refractivity contribution in [1.29, 1.82) is 0 Å². The van der Waals surface area contributed by atoms with Gasteiger partial charge in [-0.2, -0.15) is 0 Å². The van der Waals surface area contributed by atoms with Crippen molar-refractivity contribution in [3.05, 3.63) is 29.8 Å². The molecule has 1 atom stereocenters. The molecular formula is C14H22N2O2S. The van der Waals surface area contributed by atoms with Gasteiger partial charge in [0.2, 0.25) is 10.0 Å². The van der Waals surface area contributed by atoms with Crippen molar-refractivity contribution in [3.63, 3.8) is 0 Å². The number of nitrogens with two attached hydrogens (primary N) is 1. The summed E-state index contributed by atoms with van der Waals surface area (Å²) in [6.07, 6.45) is 4.88. The molecule has 0 radical (unpaired) electrons. The summed E-state index contributed by atoms with van der Waals surface area (Å²) in [6.45, 7) is 1.99. The van der Waals surface area contributed by atoms with Crippen LogP contribution in [-0.2, 0) is 10.0 Å². The van der Waals surface area contributed by atoms with Crippen LogP contribution in [-0.4, -0.2) is 14.5 Å². The van der Waals surface area contributed by atoms with E-state index in [1.165, 1.54) is 0 Å². The van der Waals surface area contributed by atoms with E-state index in [-0.39, 0.29) is 12.1 Å². The summed E-state index contributed by atoms with van der Waals surface area (Å²) in [4.78, 5) is 0.320. The molecule has 0 amide bonds. The van der Waals surface area contributed by atoms with Crippen LogP contribution >= 0.6 is 0 Å². The molecule has 106 valence electrons. The molecule has 1 saturated carbocycles. The van der Waals surface area contributed by atoms with Gasteiger partial charge in [-0.15, -0.1) is 0 Å². The van der Waals surface area contributed by atoms with E-state index in [0.717, 1.165) is 37.7 Å². The van der Waals surface area contributed by atoms with E-state index in [1.54, 1.807) is 18.2 Å². The molecule has 2 rings (SSSR count). The van der Waals surface area contributed by atoms with Gasteiger partial charge in [-0.05, 0) is 37.0 Å². The monoisotopic (exact) mass is 282 g/mol. The Balaban J connectivity index is 2.19. The molecule has 1 aliphatic rings. The molecule has 1 aliphatic carbocycles. The van der Waals surface area contributed by atoms with Crippen LogP contribution in [0.2, 0.25) is 0 Å². The highest BCUT2D eigenvalue weighted by molar-refractivity contribution is 7.89. The molecule has 1 aromatic carbocycles. The smallest absolute Gasteiger partial charge is 0.240 e. The molecule has 1 fully saturated rings. The molecule has 0 saturated heterocycles. The number of benzene rings is 1. The zero-order valence-corrected chi connectivity index (χ0v) is 12.1. The second-order valence-electron chi connectivity index (χ2n) is 5.19. The number of nitrogens with one attached hydrogen (secondary N) is 1. The molecule has 4 nitrogen and oxygen atoms in total. The van der Waals surface area contributed by atoms with Crippen molar-refractivity contribution >= 4 is 10.0 Å². The number of hydrogen-bond donors (Lipinski definition) is 2. The van der Waals surface area contributed by atoms with Gasteiger partial charge in [0.1, 0.15) is 0 Å². The molecule has 0 heterocycles. The number of sulfonamides is 1. The Morgan fingerprint density at radius 3 is 2.68 bits per heavy atom. The van der Waals surface area contributed by atoms with Gasteiger partial charge in [-0.1, -0.05) is 31.9 Å². The van der Waals surface area contributed by atoms with Gasteiger partial charge >= 0.3 is 0 Å².